The lowest BCUT2D eigenvalue weighted by Crippen LogP contribution is -2.54. The summed E-state index contributed by atoms with van der Waals surface area (Å²) in [6.07, 6.45) is 0.562. The zero-order chi connectivity index (χ0) is 19.8. The lowest BCUT2D eigenvalue weighted by molar-refractivity contribution is -0.136. The number of piperidine rings is 1. The van der Waals surface area contributed by atoms with Gasteiger partial charge in [-0.3, -0.25) is 29.4 Å². The molecule has 4 amide bonds. The summed E-state index contributed by atoms with van der Waals surface area (Å²) in [6, 6.07) is 4.27. The van der Waals surface area contributed by atoms with Gasteiger partial charge in [0.05, 0.1) is 17.2 Å². The van der Waals surface area contributed by atoms with Crippen molar-refractivity contribution >= 4 is 23.6 Å². The third kappa shape index (κ3) is 3.32. The van der Waals surface area contributed by atoms with Crippen LogP contribution in [0.2, 0.25) is 0 Å². The second-order valence-corrected chi connectivity index (χ2v) is 7.41. The van der Waals surface area contributed by atoms with Gasteiger partial charge in [0, 0.05) is 32.1 Å². The van der Waals surface area contributed by atoms with E-state index in [-0.39, 0.29) is 30.6 Å². The third-order valence-corrected chi connectivity index (χ3v) is 5.46. The summed E-state index contributed by atoms with van der Waals surface area (Å²) >= 11 is 0. The van der Waals surface area contributed by atoms with Gasteiger partial charge in [0.1, 0.15) is 6.04 Å². The van der Waals surface area contributed by atoms with Crippen LogP contribution in [0.3, 0.4) is 0 Å². The number of carbonyl (C=O) groups is 4. The Morgan fingerprint density at radius 1 is 1.18 bits per heavy atom. The first kappa shape index (κ1) is 18.7. The number of fused-ring (bicyclic) bond motifs is 1. The molecule has 148 valence electrons. The van der Waals surface area contributed by atoms with E-state index in [2.05, 4.69) is 16.0 Å². The van der Waals surface area contributed by atoms with Crippen LogP contribution in [0.15, 0.2) is 18.2 Å². The van der Waals surface area contributed by atoms with Crippen LogP contribution in [0.4, 0.5) is 0 Å². The van der Waals surface area contributed by atoms with Gasteiger partial charge in [0.2, 0.25) is 11.8 Å². The zero-order valence-corrected chi connectivity index (χ0v) is 15.2. The van der Waals surface area contributed by atoms with Crippen molar-refractivity contribution in [3.63, 3.8) is 0 Å². The second-order valence-electron chi connectivity index (χ2n) is 7.41. The molecule has 9 heteroatoms. The van der Waals surface area contributed by atoms with Crippen LogP contribution in [0.5, 0.6) is 0 Å². The summed E-state index contributed by atoms with van der Waals surface area (Å²) in [6.45, 7) is 1.58. The van der Waals surface area contributed by atoms with Crippen LogP contribution in [0, 0.1) is 0 Å². The van der Waals surface area contributed by atoms with Gasteiger partial charge in [0.15, 0.2) is 0 Å². The normalized spacial score (nSPS) is 27.3. The van der Waals surface area contributed by atoms with E-state index in [9.17, 15) is 24.3 Å². The van der Waals surface area contributed by atoms with Gasteiger partial charge in [-0.05, 0) is 24.5 Å². The van der Waals surface area contributed by atoms with E-state index < -0.39 is 29.7 Å². The molecule has 3 atom stereocenters. The predicted molar refractivity (Wildman–Crippen MR) is 97.2 cm³/mol. The van der Waals surface area contributed by atoms with Crippen molar-refractivity contribution < 1.29 is 24.3 Å². The fraction of sp³-hybridized carbons (Fsp3) is 0.474. The van der Waals surface area contributed by atoms with Crippen molar-refractivity contribution in [2.45, 2.75) is 44.0 Å². The first-order chi connectivity index (χ1) is 13.5. The number of rotatable bonds is 5. The predicted octanol–water partition coefficient (Wildman–Crippen LogP) is -1.10. The van der Waals surface area contributed by atoms with Crippen molar-refractivity contribution in [1.29, 1.82) is 0 Å². The maximum Gasteiger partial charge on any atom is 0.262 e. The number of nitrogens with zero attached hydrogens (tertiary/aromatic N) is 1. The molecule has 4 rings (SSSR count). The van der Waals surface area contributed by atoms with E-state index in [0.717, 1.165) is 4.90 Å². The van der Waals surface area contributed by atoms with Crippen LogP contribution >= 0.6 is 0 Å². The number of hydrogen-bond donors (Lipinski definition) is 4. The minimum Gasteiger partial charge on any atom is -0.392 e. The summed E-state index contributed by atoms with van der Waals surface area (Å²) in [5.41, 5.74) is 1.27. The molecule has 1 unspecified atom stereocenters. The smallest absolute Gasteiger partial charge is 0.262 e. The number of hydrogen-bond acceptors (Lipinski definition) is 7. The van der Waals surface area contributed by atoms with Gasteiger partial charge in [-0.15, -0.1) is 0 Å². The fourth-order valence-electron chi connectivity index (χ4n) is 4.07. The van der Waals surface area contributed by atoms with E-state index in [1.165, 1.54) is 0 Å². The van der Waals surface area contributed by atoms with Gasteiger partial charge in [0.25, 0.3) is 11.8 Å². The number of imide groups is 2. The van der Waals surface area contributed by atoms with Crippen molar-refractivity contribution in [2.24, 2.45) is 0 Å². The first-order valence-electron chi connectivity index (χ1n) is 9.41. The van der Waals surface area contributed by atoms with Gasteiger partial charge in [-0.2, -0.15) is 0 Å². The zero-order valence-electron chi connectivity index (χ0n) is 15.2. The van der Waals surface area contributed by atoms with Gasteiger partial charge in [-0.1, -0.05) is 12.1 Å². The van der Waals surface area contributed by atoms with Crippen molar-refractivity contribution in [2.75, 3.05) is 13.1 Å². The molecule has 4 N–H and O–H groups in total. The van der Waals surface area contributed by atoms with Crippen LogP contribution < -0.4 is 16.0 Å². The molecule has 0 radical (unpaired) electrons. The van der Waals surface area contributed by atoms with Crippen LogP contribution in [0.1, 0.15) is 45.5 Å². The maximum atomic E-state index is 13.0. The molecular formula is C19H22N4O5. The summed E-state index contributed by atoms with van der Waals surface area (Å²) in [5, 5.41) is 18.2. The first-order valence-corrected chi connectivity index (χ1v) is 9.41. The Morgan fingerprint density at radius 2 is 2.00 bits per heavy atom. The second kappa shape index (κ2) is 7.42. The average Bonchev–Trinajstić information content (AvgIpc) is 3.18. The van der Waals surface area contributed by atoms with Crippen molar-refractivity contribution in [3.8, 4) is 0 Å². The molecule has 2 fully saturated rings. The Kier molecular flexibility index (Phi) is 4.96. The number of aliphatic hydroxyl groups is 1. The molecule has 3 aliphatic rings. The van der Waals surface area contributed by atoms with E-state index >= 15 is 0 Å². The minimum atomic E-state index is -0.963. The highest BCUT2D eigenvalue weighted by molar-refractivity contribution is 6.24. The number of amides is 4. The highest BCUT2D eigenvalue weighted by Gasteiger charge is 2.45. The largest absolute Gasteiger partial charge is 0.392 e. The highest BCUT2D eigenvalue weighted by atomic mass is 16.3. The quantitative estimate of drug-likeness (QED) is 0.473. The number of carbonyl (C=O) groups excluding carboxylic acids is 4. The van der Waals surface area contributed by atoms with Crippen LogP contribution in [-0.4, -0.2) is 64.9 Å². The standard InChI is InChI=1S/C19H22N4O5/c24-12-6-11(21-9-12)8-20-7-10-2-1-3-13-16(10)19(28)23(18(13)27)14-4-5-15(25)22-17(14)26/h1-3,11-12,14,20-21,24H,4-9H2,(H,22,25,26)/t11-,12-,14?/m1/s1. The number of aliphatic hydroxyl groups excluding tert-OH is 1. The monoisotopic (exact) mass is 386 g/mol. The molecule has 28 heavy (non-hydrogen) atoms. The number of benzene rings is 1. The summed E-state index contributed by atoms with van der Waals surface area (Å²) in [7, 11) is 0. The molecule has 3 aliphatic heterocycles. The molecule has 9 nitrogen and oxygen atoms in total. The number of nitrogens with one attached hydrogen (secondary N) is 3. The Labute approximate surface area is 161 Å². The van der Waals surface area contributed by atoms with Gasteiger partial charge >= 0.3 is 0 Å². The number of β-amino-alcohol motifs (C(OH)–C–C–N with tert-alkyl or cyclic N) is 1. The Hall–Kier alpha value is -2.62. The van der Waals surface area contributed by atoms with Crippen LogP contribution in [0.25, 0.3) is 0 Å². The molecule has 0 bridgehead atoms. The van der Waals surface area contributed by atoms with E-state index in [0.29, 0.717) is 37.2 Å². The SMILES string of the molecule is O=C1CCC(N2C(=O)c3cccc(CNC[C@H]4C[C@@H](O)CN4)c3C2=O)C(=O)N1. The molecule has 0 aromatic heterocycles. The molecule has 0 saturated carbocycles. The van der Waals surface area contributed by atoms with Crippen molar-refractivity contribution in [1.82, 2.24) is 20.9 Å². The molecule has 2 saturated heterocycles. The van der Waals surface area contributed by atoms with E-state index in [1.807, 2.05) is 0 Å². The Balaban J connectivity index is 1.49. The molecular weight excluding hydrogens is 364 g/mol. The van der Waals surface area contributed by atoms with Gasteiger partial charge in [-0.25, -0.2) is 0 Å². The van der Waals surface area contributed by atoms with Gasteiger partial charge < -0.3 is 15.7 Å². The Bertz CT molecular complexity index is 855. The fourth-order valence-corrected chi connectivity index (χ4v) is 4.07. The van der Waals surface area contributed by atoms with Crippen molar-refractivity contribution in [3.05, 3.63) is 34.9 Å². The molecule has 1 aromatic carbocycles. The lowest BCUT2D eigenvalue weighted by Gasteiger charge is -2.27. The lowest BCUT2D eigenvalue weighted by atomic mass is 10.0. The van der Waals surface area contributed by atoms with Crippen LogP contribution in [-0.2, 0) is 16.1 Å². The summed E-state index contributed by atoms with van der Waals surface area (Å²) in [5.74, 6) is -2.01. The third-order valence-electron chi connectivity index (χ3n) is 5.46. The molecule has 0 spiro atoms. The highest BCUT2D eigenvalue weighted by Crippen LogP contribution is 2.29. The minimum absolute atomic E-state index is 0.0957. The molecule has 3 heterocycles. The average molecular weight is 386 g/mol. The molecule has 1 aromatic rings. The molecule has 0 aliphatic carbocycles. The topological polar surface area (TPSA) is 128 Å². The maximum absolute atomic E-state index is 13.0. The summed E-state index contributed by atoms with van der Waals surface area (Å²) < 4.78 is 0. The van der Waals surface area contributed by atoms with E-state index in [1.54, 1.807) is 18.2 Å². The summed E-state index contributed by atoms with van der Waals surface area (Å²) in [4.78, 5) is 50.3. The Morgan fingerprint density at radius 3 is 2.71 bits per heavy atom. The van der Waals surface area contributed by atoms with E-state index in [4.69, 9.17) is 0 Å².